The van der Waals surface area contributed by atoms with Gasteiger partial charge in [0.05, 0.1) is 25.2 Å². The molecule has 1 fully saturated rings. The van der Waals surface area contributed by atoms with Crippen LogP contribution in [0.4, 0.5) is 0 Å². The predicted molar refractivity (Wildman–Crippen MR) is 110 cm³/mol. The second-order valence-corrected chi connectivity index (χ2v) is 8.76. The summed E-state index contributed by atoms with van der Waals surface area (Å²) < 4.78 is 18.1. The minimum Gasteiger partial charge on any atom is -0.497 e. The molecule has 154 valence electrons. The summed E-state index contributed by atoms with van der Waals surface area (Å²) in [5.74, 6) is -0.0692. The Morgan fingerprint density at radius 2 is 2.07 bits per heavy atom. The van der Waals surface area contributed by atoms with Crippen LogP contribution in [0, 0.1) is 11.8 Å². The third-order valence-electron chi connectivity index (χ3n) is 6.08. The summed E-state index contributed by atoms with van der Waals surface area (Å²) in [6.07, 6.45) is 0.250. The van der Waals surface area contributed by atoms with Gasteiger partial charge in [0.15, 0.2) is 0 Å². The minimum atomic E-state index is -0.845. The van der Waals surface area contributed by atoms with Gasteiger partial charge < -0.3 is 19.3 Å². The zero-order chi connectivity index (χ0) is 20.8. The molecule has 1 N–H and O–H groups in total. The lowest BCUT2D eigenvalue weighted by Gasteiger charge is -2.50. The van der Waals surface area contributed by atoms with Gasteiger partial charge in [0.2, 0.25) is 0 Å². The van der Waals surface area contributed by atoms with Crippen molar-refractivity contribution in [3.63, 3.8) is 0 Å². The summed E-state index contributed by atoms with van der Waals surface area (Å²) in [5.41, 5.74) is 1.33. The number of carbonyl (C=O) groups is 1. The molecule has 2 aliphatic heterocycles. The summed E-state index contributed by atoms with van der Waals surface area (Å²) >= 11 is 6.12. The van der Waals surface area contributed by atoms with Gasteiger partial charge in [-0.3, -0.25) is 4.79 Å². The number of hydrogen-bond donors (Lipinski definition) is 1. The van der Waals surface area contributed by atoms with E-state index in [9.17, 15) is 9.90 Å². The van der Waals surface area contributed by atoms with Crippen molar-refractivity contribution in [1.29, 1.82) is 0 Å². The number of fused-ring (bicyclic) bond motifs is 3. The molecule has 6 heteroatoms. The number of hydrogen-bond acceptors (Lipinski definition) is 4. The lowest BCUT2D eigenvalue weighted by atomic mass is 9.71. The van der Waals surface area contributed by atoms with Crippen LogP contribution < -0.4 is 9.47 Å². The van der Waals surface area contributed by atoms with Crippen molar-refractivity contribution in [2.24, 2.45) is 11.8 Å². The fourth-order valence-electron chi connectivity index (χ4n) is 4.54. The normalized spacial score (nSPS) is 27.3. The smallest absolute Gasteiger partial charge is 0.309 e. The first kappa shape index (κ1) is 20.0. The van der Waals surface area contributed by atoms with Gasteiger partial charge in [-0.25, -0.2) is 0 Å². The van der Waals surface area contributed by atoms with Gasteiger partial charge in [-0.05, 0) is 62.6 Å². The van der Waals surface area contributed by atoms with E-state index in [-0.39, 0.29) is 12.0 Å². The van der Waals surface area contributed by atoms with Gasteiger partial charge in [-0.15, -0.1) is 0 Å². The van der Waals surface area contributed by atoms with E-state index in [2.05, 4.69) is 0 Å². The molecule has 2 heterocycles. The van der Waals surface area contributed by atoms with Crippen LogP contribution in [0.5, 0.6) is 11.5 Å². The molecule has 0 radical (unpaired) electrons. The molecular formula is C23H25ClO5. The van der Waals surface area contributed by atoms with Gasteiger partial charge in [0.1, 0.15) is 17.1 Å². The van der Waals surface area contributed by atoms with Crippen LogP contribution in [0.2, 0.25) is 5.02 Å². The van der Waals surface area contributed by atoms with Crippen molar-refractivity contribution >= 4 is 17.6 Å². The van der Waals surface area contributed by atoms with E-state index in [1.165, 1.54) is 0 Å². The van der Waals surface area contributed by atoms with Crippen LogP contribution in [0.25, 0.3) is 0 Å². The monoisotopic (exact) mass is 416 g/mol. The Morgan fingerprint density at radius 3 is 2.76 bits per heavy atom. The maximum absolute atomic E-state index is 12.1. The first-order chi connectivity index (χ1) is 13.8. The lowest BCUT2D eigenvalue weighted by molar-refractivity contribution is -0.187. The summed E-state index contributed by atoms with van der Waals surface area (Å²) in [6, 6.07) is 13.2. The molecule has 0 aliphatic carbocycles. The lowest BCUT2D eigenvalue weighted by Crippen LogP contribution is -2.52. The molecule has 5 nitrogen and oxygen atoms in total. The first-order valence-corrected chi connectivity index (χ1v) is 10.2. The zero-order valence-corrected chi connectivity index (χ0v) is 17.5. The Balaban J connectivity index is 1.71. The number of halogens is 1. The molecule has 1 saturated heterocycles. The van der Waals surface area contributed by atoms with Gasteiger partial charge >= 0.3 is 5.97 Å². The molecule has 2 aromatic rings. The Morgan fingerprint density at radius 1 is 1.28 bits per heavy atom. The molecule has 0 aromatic heterocycles. The highest BCUT2D eigenvalue weighted by atomic mass is 35.5. The highest BCUT2D eigenvalue weighted by Crippen LogP contribution is 2.52. The van der Waals surface area contributed by atoms with Crippen LogP contribution >= 0.6 is 11.6 Å². The molecule has 0 unspecified atom stereocenters. The molecule has 4 atom stereocenters. The number of benzene rings is 2. The van der Waals surface area contributed by atoms with Gasteiger partial charge in [0.25, 0.3) is 0 Å². The van der Waals surface area contributed by atoms with Crippen molar-refractivity contribution in [2.45, 2.75) is 44.5 Å². The van der Waals surface area contributed by atoms with Crippen molar-refractivity contribution < 1.29 is 24.1 Å². The molecule has 4 rings (SSSR count). The number of rotatable bonds is 4. The van der Waals surface area contributed by atoms with E-state index in [4.69, 9.17) is 25.8 Å². The fraction of sp³-hybridized carbons (Fsp3) is 0.435. The van der Waals surface area contributed by atoms with Crippen molar-refractivity contribution in [3.05, 3.63) is 58.6 Å². The van der Waals surface area contributed by atoms with E-state index in [0.29, 0.717) is 17.9 Å². The van der Waals surface area contributed by atoms with E-state index < -0.39 is 23.6 Å². The number of methoxy groups -OCH3 is 1. The van der Waals surface area contributed by atoms with Crippen molar-refractivity contribution in [1.82, 2.24) is 0 Å². The van der Waals surface area contributed by atoms with E-state index in [1.807, 2.05) is 50.2 Å². The maximum Gasteiger partial charge on any atom is 0.309 e. The van der Waals surface area contributed by atoms with Gasteiger partial charge in [0, 0.05) is 16.5 Å². The number of carboxylic acid groups (broad SMARTS) is 1. The average Bonchev–Trinajstić information content (AvgIpc) is 2.67. The Labute approximate surface area is 175 Å². The van der Waals surface area contributed by atoms with Crippen molar-refractivity contribution in [3.8, 4) is 11.5 Å². The highest BCUT2D eigenvalue weighted by Gasteiger charge is 2.52. The van der Waals surface area contributed by atoms with Gasteiger partial charge in [-0.1, -0.05) is 23.7 Å². The zero-order valence-electron chi connectivity index (χ0n) is 16.7. The number of aliphatic carboxylic acids is 1. The first-order valence-electron chi connectivity index (χ1n) is 9.78. The second-order valence-electron chi connectivity index (χ2n) is 8.33. The Bertz CT molecular complexity index is 925. The SMILES string of the molecule is COc1ccc2c(c1)[C@H]1O[C@@H](Cc3cccc(Cl)c3)[C@@H](C(=O)O)C[C@@H]1C(C)(C)O2. The number of carboxylic acids is 1. The van der Waals surface area contributed by atoms with Crippen LogP contribution in [0.15, 0.2) is 42.5 Å². The van der Waals surface area contributed by atoms with E-state index >= 15 is 0 Å². The molecule has 29 heavy (non-hydrogen) atoms. The minimum absolute atomic E-state index is 0.0844. The molecular weight excluding hydrogens is 392 g/mol. The summed E-state index contributed by atoms with van der Waals surface area (Å²) in [6.45, 7) is 3.99. The van der Waals surface area contributed by atoms with E-state index in [0.717, 1.165) is 22.6 Å². The van der Waals surface area contributed by atoms with Crippen LogP contribution in [0.3, 0.4) is 0 Å². The molecule has 0 spiro atoms. The van der Waals surface area contributed by atoms with Gasteiger partial charge in [-0.2, -0.15) is 0 Å². The molecule has 0 amide bonds. The highest BCUT2D eigenvalue weighted by molar-refractivity contribution is 6.30. The summed E-state index contributed by atoms with van der Waals surface area (Å²) in [7, 11) is 1.62. The third-order valence-corrected chi connectivity index (χ3v) is 6.31. The number of ether oxygens (including phenoxy) is 3. The molecule has 0 bridgehead atoms. The molecule has 2 aliphatic rings. The Hall–Kier alpha value is -2.24. The Kier molecular flexibility index (Phi) is 5.21. The fourth-order valence-corrected chi connectivity index (χ4v) is 4.75. The third kappa shape index (κ3) is 3.81. The molecule has 0 saturated carbocycles. The standard InChI is InChI=1S/C23H25ClO5/c1-23(2)18-12-17(22(25)26)20(10-13-5-4-6-14(24)9-13)28-21(18)16-11-15(27-3)7-8-19(16)29-23/h4-9,11,17-18,20-21H,10,12H2,1-3H3,(H,25,26)/t17-,18-,20-,21+/m0/s1. The topological polar surface area (TPSA) is 65.0 Å². The second kappa shape index (κ2) is 7.54. The predicted octanol–water partition coefficient (Wildman–Crippen LogP) is 4.91. The van der Waals surface area contributed by atoms with Crippen molar-refractivity contribution in [2.75, 3.05) is 7.11 Å². The summed E-state index contributed by atoms with van der Waals surface area (Å²) in [4.78, 5) is 12.1. The largest absolute Gasteiger partial charge is 0.497 e. The quantitative estimate of drug-likeness (QED) is 0.767. The van der Waals surface area contributed by atoms with Crippen LogP contribution in [-0.2, 0) is 16.0 Å². The van der Waals surface area contributed by atoms with Crippen LogP contribution in [-0.4, -0.2) is 29.9 Å². The average molecular weight is 417 g/mol. The van der Waals surface area contributed by atoms with Crippen LogP contribution in [0.1, 0.15) is 37.5 Å². The summed E-state index contributed by atoms with van der Waals surface area (Å²) in [5, 5.41) is 10.5. The maximum atomic E-state index is 12.1. The molecule has 2 aromatic carbocycles. The van der Waals surface area contributed by atoms with E-state index in [1.54, 1.807) is 13.2 Å².